The van der Waals surface area contributed by atoms with Crippen LogP contribution >= 0.6 is 0 Å². The van der Waals surface area contributed by atoms with Crippen LogP contribution in [0, 0.1) is 0 Å². The third kappa shape index (κ3) is 6.59. The number of rotatable bonds is 8. The van der Waals surface area contributed by atoms with Gasteiger partial charge in [-0.05, 0) is 51.6 Å². The van der Waals surface area contributed by atoms with Gasteiger partial charge in [0.25, 0.3) is 0 Å². The fourth-order valence-electron chi connectivity index (χ4n) is 10.0. The zero-order valence-electron chi connectivity index (χ0n) is 36.9. The molecule has 5 heteroatoms. The molecule has 0 radical (unpaired) electrons. The molecule has 0 bridgehead atoms. The van der Waals surface area contributed by atoms with Crippen molar-refractivity contribution in [3.8, 4) is 78.9 Å². The predicted octanol–water partition coefficient (Wildman–Crippen LogP) is 16.1. The molecule has 0 N–H and O–H groups in total. The second-order valence-corrected chi connectivity index (χ2v) is 17.2. The van der Waals surface area contributed by atoms with Crippen LogP contribution in [0.4, 0.5) is 0 Å². The molecule has 0 spiro atoms. The van der Waals surface area contributed by atoms with E-state index in [-0.39, 0.29) is 0 Å². The number of aromatic nitrogens is 5. The van der Waals surface area contributed by atoms with Crippen molar-refractivity contribution in [1.82, 2.24) is 24.1 Å². The van der Waals surface area contributed by atoms with Crippen LogP contribution in [0.5, 0.6) is 0 Å². The van der Waals surface area contributed by atoms with Crippen molar-refractivity contribution < 1.29 is 0 Å². The highest BCUT2D eigenvalue weighted by Crippen LogP contribution is 2.46. The Labute approximate surface area is 393 Å². The lowest BCUT2D eigenvalue weighted by atomic mass is 9.95. The van der Waals surface area contributed by atoms with Gasteiger partial charge in [-0.2, -0.15) is 9.97 Å². The molecule has 0 fully saturated rings. The van der Waals surface area contributed by atoms with E-state index in [9.17, 15) is 0 Å². The number of benzene rings is 10. The molecule has 68 heavy (non-hydrogen) atoms. The van der Waals surface area contributed by atoms with E-state index < -0.39 is 0 Å². The number of para-hydroxylation sites is 3. The smallest absolute Gasteiger partial charge is 0.238 e. The summed E-state index contributed by atoms with van der Waals surface area (Å²) in [7, 11) is 0. The van der Waals surface area contributed by atoms with E-state index >= 15 is 0 Å². The molecule has 10 aromatic carbocycles. The summed E-state index contributed by atoms with van der Waals surface area (Å²) in [5.74, 6) is 1.76. The Morgan fingerprint density at radius 2 is 0.662 bits per heavy atom. The first-order valence-electron chi connectivity index (χ1n) is 23.0. The van der Waals surface area contributed by atoms with E-state index in [0.717, 1.165) is 83.0 Å². The van der Waals surface area contributed by atoms with Crippen LogP contribution in [-0.2, 0) is 0 Å². The van der Waals surface area contributed by atoms with E-state index in [1.807, 2.05) is 24.3 Å². The van der Waals surface area contributed by atoms with E-state index in [1.54, 1.807) is 0 Å². The van der Waals surface area contributed by atoms with Crippen molar-refractivity contribution in [2.45, 2.75) is 0 Å². The van der Waals surface area contributed by atoms with Gasteiger partial charge in [0.1, 0.15) is 0 Å². The number of hydrogen-bond donors (Lipinski definition) is 0. The van der Waals surface area contributed by atoms with Gasteiger partial charge in [-0.3, -0.25) is 4.57 Å². The molecule has 0 unspecified atom stereocenters. The molecule has 13 aromatic rings. The number of fused-ring (bicyclic) bond motifs is 7. The summed E-state index contributed by atoms with van der Waals surface area (Å²) in [6.07, 6.45) is 0. The number of nitrogens with zero attached hydrogens (tertiary/aromatic N) is 5. The summed E-state index contributed by atoms with van der Waals surface area (Å²) in [5.41, 5.74) is 16.5. The summed E-state index contributed by atoms with van der Waals surface area (Å²) < 4.78 is 4.74. The average molecular weight is 868 g/mol. The minimum Gasteiger partial charge on any atom is -0.307 e. The van der Waals surface area contributed by atoms with Crippen molar-refractivity contribution in [3.05, 3.63) is 249 Å². The highest BCUT2D eigenvalue weighted by molar-refractivity contribution is 6.26. The van der Waals surface area contributed by atoms with Gasteiger partial charge < -0.3 is 4.57 Å². The zero-order valence-corrected chi connectivity index (χ0v) is 36.9. The highest BCUT2D eigenvalue weighted by atomic mass is 15.2. The SMILES string of the molecule is c1ccc(-c2ccc(-c3ccc(-c4nc(-c5ccccc5)nc(-n5c6ccccc6c6c5ccc5c7ccccc7n(-c7c(-c8ccccc8)cccc7-c7ccccc7)c56)n4)cc3)cc2)cc1. The normalized spacial score (nSPS) is 11.5. The molecule has 3 heterocycles. The molecule has 0 saturated carbocycles. The molecule has 0 aliphatic heterocycles. The van der Waals surface area contributed by atoms with Crippen LogP contribution in [-0.4, -0.2) is 24.1 Å². The van der Waals surface area contributed by atoms with Crippen LogP contribution in [0.3, 0.4) is 0 Å². The number of hydrogen-bond acceptors (Lipinski definition) is 3. The molecule has 0 aliphatic carbocycles. The molecule has 0 amide bonds. The maximum absolute atomic E-state index is 5.36. The van der Waals surface area contributed by atoms with Crippen LogP contribution in [0.25, 0.3) is 123 Å². The van der Waals surface area contributed by atoms with E-state index in [0.29, 0.717) is 17.6 Å². The molecule has 0 aliphatic rings. The third-order valence-electron chi connectivity index (χ3n) is 13.2. The maximum Gasteiger partial charge on any atom is 0.238 e. The minimum atomic E-state index is 0.553. The summed E-state index contributed by atoms with van der Waals surface area (Å²) in [6, 6.07) is 88.2. The summed E-state index contributed by atoms with van der Waals surface area (Å²) in [4.78, 5) is 15.8. The quantitative estimate of drug-likeness (QED) is 0.153. The van der Waals surface area contributed by atoms with Crippen LogP contribution in [0.1, 0.15) is 0 Å². The van der Waals surface area contributed by atoms with E-state index in [2.05, 4.69) is 234 Å². The van der Waals surface area contributed by atoms with Crippen LogP contribution < -0.4 is 0 Å². The second kappa shape index (κ2) is 16.4. The van der Waals surface area contributed by atoms with Crippen molar-refractivity contribution in [2.75, 3.05) is 0 Å². The van der Waals surface area contributed by atoms with Gasteiger partial charge >= 0.3 is 0 Å². The molecule has 3 aromatic heterocycles. The Hall–Kier alpha value is -9.19. The van der Waals surface area contributed by atoms with Gasteiger partial charge in [0.2, 0.25) is 5.95 Å². The molecule has 13 rings (SSSR count). The van der Waals surface area contributed by atoms with E-state index in [1.165, 1.54) is 21.9 Å². The summed E-state index contributed by atoms with van der Waals surface area (Å²) >= 11 is 0. The minimum absolute atomic E-state index is 0.553. The molecule has 5 nitrogen and oxygen atoms in total. The first-order chi connectivity index (χ1) is 33.7. The summed E-state index contributed by atoms with van der Waals surface area (Å²) in [6.45, 7) is 0. The molecule has 0 saturated heterocycles. The Morgan fingerprint density at radius 3 is 1.21 bits per heavy atom. The van der Waals surface area contributed by atoms with Crippen molar-refractivity contribution in [3.63, 3.8) is 0 Å². The Bertz CT molecular complexity index is 3910. The third-order valence-corrected chi connectivity index (χ3v) is 13.2. The fourth-order valence-corrected chi connectivity index (χ4v) is 10.0. The van der Waals surface area contributed by atoms with Crippen LogP contribution in [0.15, 0.2) is 249 Å². The second-order valence-electron chi connectivity index (χ2n) is 17.2. The Kier molecular flexibility index (Phi) is 9.43. The van der Waals surface area contributed by atoms with Crippen LogP contribution in [0.2, 0.25) is 0 Å². The van der Waals surface area contributed by atoms with Gasteiger partial charge in [-0.25, -0.2) is 4.98 Å². The molecular formula is C63H41N5. The molecular weight excluding hydrogens is 827 g/mol. The lowest BCUT2D eigenvalue weighted by Gasteiger charge is -2.19. The lowest BCUT2D eigenvalue weighted by molar-refractivity contribution is 0.953. The Balaban J connectivity index is 1.05. The average Bonchev–Trinajstić information content (AvgIpc) is 3.94. The molecule has 0 atom stereocenters. The maximum atomic E-state index is 5.36. The zero-order chi connectivity index (χ0) is 45.0. The Morgan fingerprint density at radius 1 is 0.250 bits per heavy atom. The van der Waals surface area contributed by atoms with Gasteiger partial charge in [0, 0.05) is 43.8 Å². The van der Waals surface area contributed by atoms with Gasteiger partial charge in [-0.15, -0.1) is 0 Å². The molecule has 318 valence electrons. The summed E-state index contributed by atoms with van der Waals surface area (Å²) in [5, 5.41) is 4.60. The fraction of sp³-hybridized carbons (Fsp3) is 0. The van der Waals surface area contributed by atoms with Crippen molar-refractivity contribution in [1.29, 1.82) is 0 Å². The van der Waals surface area contributed by atoms with Gasteiger partial charge in [-0.1, -0.05) is 231 Å². The monoisotopic (exact) mass is 867 g/mol. The standard InChI is InChI=1S/C63H41N5/c1-5-18-42(19-6-1)43-32-34-44(35-33-43)45-36-38-49(39-37-45)62-64-61(48-24-11-4-12-25-48)65-63(66-62)67-56-31-16-14-27-54(56)58-57(67)41-40-53-52-26-13-15-30-55(52)68(60(53)58)59-50(46-20-7-2-8-21-46)28-17-29-51(59)47-22-9-3-10-23-47/h1-41H. The van der Waals surface area contributed by atoms with Gasteiger partial charge in [0.05, 0.1) is 27.8 Å². The first-order valence-corrected chi connectivity index (χ1v) is 23.0. The lowest BCUT2D eigenvalue weighted by Crippen LogP contribution is -2.06. The van der Waals surface area contributed by atoms with Gasteiger partial charge in [0.15, 0.2) is 11.6 Å². The largest absolute Gasteiger partial charge is 0.307 e. The van der Waals surface area contributed by atoms with Crippen molar-refractivity contribution >= 4 is 43.6 Å². The first kappa shape index (κ1) is 39.2. The highest BCUT2D eigenvalue weighted by Gasteiger charge is 2.25. The van der Waals surface area contributed by atoms with Crippen molar-refractivity contribution in [2.24, 2.45) is 0 Å². The predicted molar refractivity (Wildman–Crippen MR) is 281 cm³/mol. The topological polar surface area (TPSA) is 48.5 Å². The van der Waals surface area contributed by atoms with E-state index in [4.69, 9.17) is 15.0 Å².